The van der Waals surface area contributed by atoms with Crippen molar-refractivity contribution in [3.05, 3.63) is 63.8 Å². The zero-order valence-corrected chi connectivity index (χ0v) is 13.8. The summed E-state index contributed by atoms with van der Waals surface area (Å²) in [7, 11) is -3.84. The third-order valence-corrected chi connectivity index (χ3v) is 4.92. The molecule has 0 radical (unpaired) electrons. The Morgan fingerprint density at radius 3 is 2.33 bits per heavy atom. The molecule has 2 rings (SSSR count). The largest absolute Gasteiger partial charge is 0.312 e. The maximum Gasteiger partial charge on any atom is 0.312 e. The molecule has 0 bridgehead atoms. The summed E-state index contributed by atoms with van der Waals surface area (Å²) < 4.78 is 26.0. The molecule has 9 heteroatoms. The highest BCUT2D eigenvalue weighted by molar-refractivity contribution is 7.93. The zero-order chi connectivity index (χ0) is 17.9. The Hall–Kier alpha value is -2.81. The fourth-order valence-electron chi connectivity index (χ4n) is 1.79. The first kappa shape index (κ1) is 17.5. The second kappa shape index (κ2) is 6.75. The molecule has 126 valence electrons. The molecule has 1 heterocycles. The van der Waals surface area contributed by atoms with E-state index in [2.05, 4.69) is 9.71 Å². The Kier molecular flexibility index (Phi) is 4.93. The van der Waals surface area contributed by atoms with E-state index in [1.54, 1.807) is 30.3 Å². The number of nitrogens with one attached hydrogen (secondary N) is 1. The lowest BCUT2D eigenvalue weighted by Crippen LogP contribution is -2.24. The molecule has 1 N–H and O–H groups in total. The number of sulfonamides is 1. The van der Waals surface area contributed by atoms with Gasteiger partial charge in [-0.25, -0.2) is 13.4 Å². The summed E-state index contributed by atoms with van der Waals surface area (Å²) in [5, 5.41) is 10.3. The molecule has 0 spiro atoms. The van der Waals surface area contributed by atoms with Crippen LogP contribution < -0.4 is 4.72 Å². The maximum atomic E-state index is 12.4. The van der Waals surface area contributed by atoms with Crippen LogP contribution in [0.25, 0.3) is 0 Å². The number of ketones is 1. The van der Waals surface area contributed by atoms with Gasteiger partial charge in [0, 0.05) is 11.6 Å². The van der Waals surface area contributed by atoms with Gasteiger partial charge in [0.15, 0.2) is 0 Å². The van der Waals surface area contributed by atoms with E-state index in [4.69, 9.17) is 0 Å². The van der Waals surface area contributed by atoms with Crippen molar-refractivity contribution in [3.63, 3.8) is 0 Å². The lowest BCUT2D eigenvalue weighted by Gasteiger charge is -2.11. The Labute approximate surface area is 138 Å². The number of hydrogen-bond acceptors (Lipinski definition) is 6. The fraction of sp³-hybridized carbons (Fsp3) is 0.200. The molecule has 1 aromatic carbocycles. The number of pyridine rings is 1. The van der Waals surface area contributed by atoms with Gasteiger partial charge < -0.3 is 0 Å². The molecule has 0 saturated heterocycles. The molecule has 0 saturated carbocycles. The van der Waals surface area contributed by atoms with E-state index in [0.29, 0.717) is 5.56 Å². The van der Waals surface area contributed by atoms with Gasteiger partial charge in [-0.2, -0.15) is 0 Å². The molecule has 0 aliphatic heterocycles. The number of rotatable bonds is 6. The second-order valence-corrected chi connectivity index (χ2v) is 7.45. The number of hydrogen-bond donors (Lipinski definition) is 1. The molecule has 1 aromatic heterocycles. The van der Waals surface area contributed by atoms with Crippen molar-refractivity contribution in [2.24, 2.45) is 0 Å². The summed E-state index contributed by atoms with van der Waals surface area (Å²) in [6.07, 6.45) is 0. The van der Waals surface area contributed by atoms with Crippen LogP contribution >= 0.6 is 0 Å². The fourth-order valence-corrected chi connectivity index (χ4v) is 2.45. The molecule has 0 unspecified atom stereocenters. The van der Waals surface area contributed by atoms with Crippen molar-refractivity contribution < 1.29 is 18.1 Å². The van der Waals surface area contributed by atoms with E-state index in [1.807, 2.05) is 0 Å². The maximum absolute atomic E-state index is 12.4. The van der Waals surface area contributed by atoms with Crippen molar-refractivity contribution in [2.45, 2.75) is 19.1 Å². The van der Waals surface area contributed by atoms with Crippen LogP contribution in [0, 0.1) is 10.1 Å². The van der Waals surface area contributed by atoms with Crippen molar-refractivity contribution in [3.8, 4) is 0 Å². The predicted molar refractivity (Wildman–Crippen MR) is 88.4 cm³/mol. The van der Waals surface area contributed by atoms with E-state index in [-0.39, 0.29) is 5.69 Å². The summed E-state index contributed by atoms with van der Waals surface area (Å²) in [6.45, 7) is 2.85. The van der Waals surface area contributed by atoms with E-state index in [0.717, 1.165) is 6.07 Å². The number of nitro groups is 1. The molecule has 0 atom stereocenters. The summed E-state index contributed by atoms with van der Waals surface area (Å²) in [6, 6.07) is 10.5. The highest BCUT2D eigenvalue weighted by Crippen LogP contribution is 2.25. The van der Waals surface area contributed by atoms with Crippen molar-refractivity contribution in [1.82, 2.24) is 4.98 Å². The predicted octanol–water partition coefficient (Wildman–Crippen LogP) is 2.37. The summed E-state index contributed by atoms with van der Waals surface area (Å²) in [5.74, 6) is -0.939. The summed E-state index contributed by atoms with van der Waals surface area (Å²) >= 11 is 0. The highest BCUT2D eigenvalue weighted by atomic mass is 32.2. The van der Waals surface area contributed by atoms with E-state index < -0.39 is 37.5 Å². The minimum Gasteiger partial charge on any atom is -0.287 e. The van der Waals surface area contributed by atoms with Crippen LogP contribution in [0.5, 0.6) is 0 Å². The van der Waals surface area contributed by atoms with Crippen molar-refractivity contribution in [2.75, 3.05) is 4.72 Å². The number of carbonyl (C=O) groups is 1. The average Bonchev–Trinajstić information content (AvgIpc) is 2.54. The number of aromatic nitrogens is 1. The average molecular weight is 349 g/mol. The summed E-state index contributed by atoms with van der Waals surface area (Å²) in [4.78, 5) is 26.5. The van der Waals surface area contributed by atoms with Gasteiger partial charge in [0.1, 0.15) is 5.69 Å². The van der Waals surface area contributed by atoms with E-state index >= 15 is 0 Å². The van der Waals surface area contributed by atoms with Crippen molar-refractivity contribution >= 4 is 27.3 Å². The topological polar surface area (TPSA) is 119 Å². The third kappa shape index (κ3) is 3.74. The molecule has 2 aromatic rings. The van der Waals surface area contributed by atoms with Gasteiger partial charge in [0.25, 0.3) is 0 Å². The van der Waals surface area contributed by atoms with Gasteiger partial charge in [-0.15, -0.1) is 0 Å². The number of nitrogens with zero attached hydrogens (tertiary/aromatic N) is 2. The van der Waals surface area contributed by atoms with Gasteiger partial charge in [0.2, 0.25) is 21.6 Å². The molecule has 0 aliphatic carbocycles. The smallest absolute Gasteiger partial charge is 0.287 e. The van der Waals surface area contributed by atoms with Crippen LogP contribution in [0.1, 0.15) is 29.9 Å². The van der Waals surface area contributed by atoms with E-state index in [9.17, 15) is 23.3 Å². The summed E-state index contributed by atoms with van der Waals surface area (Å²) in [5.41, 5.74) is -0.270. The van der Waals surface area contributed by atoms with Crippen LogP contribution in [0.4, 0.5) is 11.5 Å². The first-order valence-electron chi connectivity index (χ1n) is 6.99. The van der Waals surface area contributed by atoms with Gasteiger partial charge in [0.05, 0.1) is 10.2 Å². The normalized spacial score (nSPS) is 11.3. The quantitative estimate of drug-likeness (QED) is 0.486. The molecule has 8 nitrogen and oxygen atoms in total. The first-order chi connectivity index (χ1) is 11.2. The third-order valence-electron chi connectivity index (χ3n) is 3.20. The van der Waals surface area contributed by atoms with Crippen LogP contribution in [0.15, 0.2) is 42.5 Å². The lowest BCUT2D eigenvalue weighted by atomic mass is 10.1. The van der Waals surface area contributed by atoms with Gasteiger partial charge in [-0.05, 0) is 19.9 Å². The monoisotopic (exact) mass is 349 g/mol. The van der Waals surface area contributed by atoms with Crippen LogP contribution in [0.3, 0.4) is 0 Å². The Morgan fingerprint density at radius 1 is 1.17 bits per heavy atom. The van der Waals surface area contributed by atoms with Crippen LogP contribution in [-0.4, -0.2) is 29.4 Å². The van der Waals surface area contributed by atoms with Gasteiger partial charge in [-0.3, -0.25) is 19.6 Å². The van der Waals surface area contributed by atoms with Crippen LogP contribution in [-0.2, 0) is 10.0 Å². The molecular formula is C15H15N3O5S. The standard InChI is InChI=1S/C15H15N3O5S/c1-10(2)24(22,23)17-15-13(18(20)21)9-8-12(16-15)14(19)11-6-4-3-5-7-11/h3-10H,1-2H3,(H,16,17). The van der Waals surface area contributed by atoms with E-state index in [1.165, 1.54) is 19.9 Å². The Bertz CT molecular complexity index is 879. The minimum absolute atomic E-state index is 0.0896. The molecule has 0 fully saturated rings. The molecule has 0 amide bonds. The Balaban J connectivity index is 2.49. The SMILES string of the molecule is CC(C)S(=O)(=O)Nc1nc(C(=O)c2ccccc2)ccc1[N+](=O)[O-]. The number of benzene rings is 1. The molecule has 24 heavy (non-hydrogen) atoms. The Morgan fingerprint density at radius 2 is 1.79 bits per heavy atom. The first-order valence-corrected chi connectivity index (χ1v) is 8.54. The lowest BCUT2D eigenvalue weighted by molar-refractivity contribution is -0.384. The second-order valence-electron chi connectivity index (χ2n) is 5.21. The van der Waals surface area contributed by atoms with Crippen LogP contribution in [0.2, 0.25) is 0 Å². The zero-order valence-electron chi connectivity index (χ0n) is 13.0. The highest BCUT2D eigenvalue weighted by Gasteiger charge is 2.25. The number of carbonyl (C=O) groups excluding carboxylic acids is 1. The molecular weight excluding hydrogens is 334 g/mol. The minimum atomic E-state index is -3.84. The van der Waals surface area contributed by atoms with Crippen molar-refractivity contribution in [1.29, 1.82) is 0 Å². The number of anilines is 1. The van der Waals surface area contributed by atoms with Gasteiger partial charge in [-0.1, -0.05) is 30.3 Å². The van der Waals surface area contributed by atoms with Gasteiger partial charge >= 0.3 is 5.69 Å². The molecule has 0 aliphatic rings.